The summed E-state index contributed by atoms with van der Waals surface area (Å²) in [4.78, 5) is 13.5. The average molecular weight is 376 g/mol. The second kappa shape index (κ2) is 10.1. The summed E-state index contributed by atoms with van der Waals surface area (Å²) in [6.45, 7) is 5.63. The third-order valence-corrected chi connectivity index (χ3v) is 4.94. The number of nitrogens with two attached hydrogens (primary N) is 1. The van der Waals surface area contributed by atoms with Gasteiger partial charge in [-0.15, -0.1) is 0 Å². The lowest BCUT2D eigenvalue weighted by molar-refractivity contribution is 0.459. The number of pyridine rings is 3. The Labute approximate surface area is 167 Å². The summed E-state index contributed by atoms with van der Waals surface area (Å²) in [6.07, 6.45) is 10.3. The van der Waals surface area contributed by atoms with E-state index in [0.29, 0.717) is 6.54 Å². The Morgan fingerprint density at radius 3 is 2.64 bits per heavy atom. The number of hydrogen-bond donors (Lipinski definition) is 2. The summed E-state index contributed by atoms with van der Waals surface area (Å²) < 4.78 is 0. The predicted octanol–water partition coefficient (Wildman–Crippen LogP) is 3.60. The largest absolute Gasteiger partial charge is 0.330 e. The molecule has 0 saturated heterocycles. The van der Waals surface area contributed by atoms with E-state index in [1.54, 1.807) is 6.20 Å². The monoisotopic (exact) mass is 375 g/mol. The van der Waals surface area contributed by atoms with Gasteiger partial charge in [-0.05, 0) is 56.5 Å². The zero-order valence-corrected chi connectivity index (χ0v) is 16.7. The van der Waals surface area contributed by atoms with Gasteiger partial charge in [0.2, 0.25) is 0 Å². The first kappa shape index (κ1) is 20.1. The maximum Gasteiger partial charge on any atom is 0.0571 e. The zero-order chi connectivity index (χ0) is 19.8. The molecule has 0 aliphatic carbocycles. The molecule has 1 unspecified atom stereocenters. The van der Waals surface area contributed by atoms with Gasteiger partial charge in [0.1, 0.15) is 0 Å². The number of aryl methyl sites for hydroxylation is 2. The van der Waals surface area contributed by atoms with Crippen molar-refractivity contribution in [3.8, 4) is 11.1 Å². The SMILES string of the molecule is Cc1cnc(CNC(CCCN)Cc2ncccc2-c2cccnc2)c(C)c1. The van der Waals surface area contributed by atoms with Gasteiger partial charge in [-0.1, -0.05) is 18.2 Å². The average Bonchev–Trinajstić information content (AvgIpc) is 2.72. The van der Waals surface area contributed by atoms with Crippen LogP contribution in [-0.4, -0.2) is 27.5 Å². The van der Waals surface area contributed by atoms with E-state index in [4.69, 9.17) is 5.73 Å². The first-order valence-electron chi connectivity index (χ1n) is 9.87. The summed E-state index contributed by atoms with van der Waals surface area (Å²) in [6, 6.07) is 10.6. The van der Waals surface area contributed by atoms with E-state index in [2.05, 4.69) is 52.3 Å². The van der Waals surface area contributed by atoms with Crippen LogP contribution in [0.15, 0.2) is 55.1 Å². The van der Waals surface area contributed by atoms with Crippen molar-refractivity contribution in [2.24, 2.45) is 5.73 Å². The Kier molecular flexibility index (Phi) is 7.23. The fraction of sp³-hybridized carbons (Fsp3) is 0.348. The predicted molar refractivity (Wildman–Crippen MR) is 114 cm³/mol. The number of nitrogens with one attached hydrogen (secondary N) is 1. The number of hydrogen-bond acceptors (Lipinski definition) is 5. The highest BCUT2D eigenvalue weighted by molar-refractivity contribution is 5.64. The van der Waals surface area contributed by atoms with Crippen LogP contribution in [0.5, 0.6) is 0 Å². The van der Waals surface area contributed by atoms with Crippen LogP contribution >= 0.6 is 0 Å². The second-order valence-electron chi connectivity index (χ2n) is 7.23. The van der Waals surface area contributed by atoms with Gasteiger partial charge in [0.05, 0.1) is 5.69 Å². The molecule has 0 amide bonds. The lowest BCUT2D eigenvalue weighted by Crippen LogP contribution is -2.32. The first-order chi connectivity index (χ1) is 13.7. The fourth-order valence-electron chi connectivity index (χ4n) is 3.43. The Balaban J connectivity index is 1.76. The summed E-state index contributed by atoms with van der Waals surface area (Å²) in [5.41, 5.74) is 12.6. The van der Waals surface area contributed by atoms with Crippen molar-refractivity contribution in [3.05, 3.63) is 77.6 Å². The molecule has 3 aromatic rings. The minimum atomic E-state index is 0.288. The third-order valence-electron chi connectivity index (χ3n) is 4.94. The highest BCUT2D eigenvalue weighted by Gasteiger charge is 2.14. The van der Waals surface area contributed by atoms with Gasteiger partial charge in [0.25, 0.3) is 0 Å². The van der Waals surface area contributed by atoms with E-state index in [-0.39, 0.29) is 6.04 Å². The minimum Gasteiger partial charge on any atom is -0.330 e. The van der Waals surface area contributed by atoms with E-state index >= 15 is 0 Å². The molecule has 0 spiro atoms. The highest BCUT2D eigenvalue weighted by Crippen LogP contribution is 2.23. The van der Waals surface area contributed by atoms with Crippen LogP contribution in [0.2, 0.25) is 0 Å². The molecule has 146 valence electrons. The van der Waals surface area contributed by atoms with Crippen molar-refractivity contribution in [2.75, 3.05) is 6.54 Å². The quantitative estimate of drug-likeness (QED) is 0.598. The highest BCUT2D eigenvalue weighted by atomic mass is 14.9. The zero-order valence-electron chi connectivity index (χ0n) is 16.7. The molecule has 5 nitrogen and oxygen atoms in total. The Morgan fingerprint density at radius 1 is 1.04 bits per heavy atom. The van der Waals surface area contributed by atoms with Crippen LogP contribution in [0.4, 0.5) is 0 Å². The molecule has 5 heteroatoms. The molecule has 28 heavy (non-hydrogen) atoms. The summed E-state index contributed by atoms with van der Waals surface area (Å²) in [5, 5.41) is 3.68. The fourth-order valence-corrected chi connectivity index (χ4v) is 3.43. The lowest BCUT2D eigenvalue weighted by atomic mass is 9.98. The summed E-state index contributed by atoms with van der Waals surface area (Å²) in [5.74, 6) is 0. The molecular formula is C23H29N5. The summed E-state index contributed by atoms with van der Waals surface area (Å²) >= 11 is 0. The van der Waals surface area contributed by atoms with E-state index in [1.807, 2.05) is 30.7 Å². The van der Waals surface area contributed by atoms with Crippen LogP contribution < -0.4 is 11.1 Å². The normalized spacial score (nSPS) is 12.1. The molecule has 3 heterocycles. The lowest BCUT2D eigenvalue weighted by Gasteiger charge is -2.20. The molecule has 0 aromatic carbocycles. The van der Waals surface area contributed by atoms with Gasteiger partial charge in [-0.25, -0.2) is 0 Å². The molecule has 0 fully saturated rings. The van der Waals surface area contributed by atoms with Crippen LogP contribution in [0.25, 0.3) is 11.1 Å². The van der Waals surface area contributed by atoms with E-state index in [1.165, 1.54) is 11.1 Å². The molecule has 0 bridgehead atoms. The van der Waals surface area contributed by atoms with Crippen molar-refractivity contribution < 1.29 is 0 Å². The maximum atomic E-state index is 5.78. The molecule has 3 N–H and O–H groups in total. The van der Waals surface area contributed by atoms with Gasteiger partial charge < -0.3 is 11.1 Å². The van der Waals surface area contributed by atoms with E-state index < -0.39 is 0 Å². The third kappa shape index (κ3) is 5.44. The number of aromatic nitrogens is 3. The molecule has 0 aliphatic heterocycles. The molecular weight excluding hydrogens is 346 g/mol. The van der Waals surface area contributed by atoms with Crippen LogP contribution in [0, 0.1) is 13.8 Å². The Bertz CT molecular complexity index is 879. The molecule has 3 aromatic heterocycles. The standard InChI is InChI=1S/C23H29N5/c1-17-12-18(2)23(28-14-17)16-27-20(7-3-9-24)13-22-21(8-5-11-26-22)19-6-4-10-25-15-19/h4-6,8,10-12,14-15,20,27H,3,7,9,13,16,24H2,1-2H3. The number of nitrogens with zero attached hydrogens (tertiary/aromatic N) is 3. The minimum absolute atomic E-state index is 0.288. The molecule has 1 atom stereocenters. The Hall–Kier alpha value is -2.63. The van der Waals surface area contributed by atoms with Gasteiger partial charge in [-0.3, -0.25) is 15.0 Å². The van der Waals surface area contributed by atoms with Crippen molar-refractivity contribution >= 4 is 0 Å². The van der Waals surface area contributed by atoms with Gasteiger partial charge in [0.15, 0.2) is 0 Å². The van der Waals surface area contributed by atoms with Crippen molar-refractivity contribution in [2.45, 2.75) is 45.7 Å². The molecule has 0 aliphatic rings. The van der Waals surface area contributed by atoms with Gasteiger partial charge in [0, 0.05) is 60.6 Å². The molecule has 0 radical (unpaired) electrons. The topological polar surface area (TPSA) is 76.7 Å². The van der Waals surface area contributed by atoms with Crippen LogP contribution in [-0.2, 0) is 13.0 Å². The van der Waals surface area contributed by atoms with Gasteiger partial charge in [-0.2, -0.15) is 0 Å². The van der Waals surface area contributed by atoms with Crippen molar-refractivity contribution in [1.29, 1.82) is 0 Å². The van der Waals surface area contributed by atoms with Crippen molar-refractivity contribution in [3.63, 3.8) is 0 Å². The van der Waals surface area contributed by atoms with Gasteiger partial charge >= 0.3 is 0 Å². The first-order valence-corrected chi connectivity index (χ1v) is 9.87. The van der Waals surface area contributed by atoms with E-state index in [0.717, 1.165) is 48.3 Å². The van der Waals surface area contributed by atoms with Crippen LogP contribution in [0.1, 0.15) is 35.4 Å². The smallest absolute Gasteiger partial charge is 0.0571 e. The number of rotatable bonds is 9. The Morgan fingerprint density at radius 2 is 1.89 bits per heavy atom. The maximum absolute atomic E-state index is 5.78. The van der Waals surface area contributed by atoms with Crippen molar-refractivity contribution in [1.82, 2.24) is 20.3 Å². The second-order valence-corrected chi connectivity index (χ2v) is 7.23. The molecule has 3 rings (SSSR count). The van der Waals surface area contributed by atoms with Crippen LogP contribution in [0.3, 0.4) is 0 Å². The van der Waals surface area contributed by atoms with E-state index in [9.17, 15) is 0 Å². The summed E-state index contributed by atoms with van der Waals surface area (Å²) in [7, 11) is 0. The molecule has 0 saturated carbocycles.